The van der Waals surface area contributed by atoms with Crippen molar-refractivity contribution >= 4 is 15.9 Å². The number of nitrogens with zero attached hydrogens (tertiary/aromatic N) is 1. The second kappa shape index (κ2) is 5.68. The SMILES string of the molecule is C[C@@H]1[C@H](c2ccccc2)O[C@H](c2ccc(Br)cc2)N1C. The summed E-state index contributed by atoms with van der Waals surface area (Å²) in [5, 5.41) is 0. The van der Waals surface area contributed by atoms with Gasteiger partial charge in [-0.25, -0.2) is 0 Å². The maximum atomic E-state index is 6.31. The van der Waals surface area contributed by atoms with Gasteiger partial charge in [-0.05, 0) is 37.2 Å². The van der Waals surface area contributed by atoms with Crippen LogP contribution in [0.15, 0.2) is 59.1 Å². The molecular weight excluding hydrogens is 314 g/mol. The Hall–Kier alpha value is -1.16. The summed E-state index contributed by atoms with van der Waals surface area (Å²) < 4.78 is 7.40. The molecule has 0 saturated carbocycles. The lowest BCUT2D eigenvalue weighted by Gasteiger charge is -2.21. The van der Waals surface area contributed by atoms with Crippen LogP contribution < -0.4 is 0 Å². The largest absolute Gasteiger partial charge is 0.349 e. The monoisotopic (exact) mass is 331 g/mol. The lowest BCUT2D eigenvalue weighted by Crippen LogP contribution is -2.27. The molecule has 0 radical (unpaired) electrons. The van der Waals surface area contributed by atoms with Gasteiger partial charge < -0.3 is 4.74 Å². The Labute approximate surface area is 128 Å². The molecule has 0 spiro atoms. The normalized spacial score (nSPS) is 26.9. The fourth-order valence-corrected chi connectivity index (χ4v) is 2.98. The molecule has 3 rings (SSSR count). The van der Waals surface area contributed by atoms with E-state index in [9.17, 15) is 0 Å². The third-order valence-electron chi connectivity index (χ3n) is 4.01. The summed E-state index contributed by atoms with van der Waals surface area (Å²) >= 11 is 3.48. The molecule has 3 atom stereocenters. The molecule has 1 fully saturated rings. The number of hydrogen-bond donors (Lipinski definition) is 0. The molecule has 0 N–H and O–H groups in total. The zero-order chi connectivity index (χ0) is 14.1. The molecule has 104 valence electrons. The number of likely N-dealkylation sites (N-methyl/N-ethyl adjacent to an activating group) is 1. The molecule has 1 saturated heterocycles. The van der Waals surface area contributed by atoms with Crippen molar-refractivity contribution in [1.29, 1.82) is 0 Å². The molecule has 20 heavy (non-hydrogen) atoms. The maximum Gasteiger partial charge on any atom is 0.137 e. The van der Waals surface area contributed by atoms with Crippen LogP contribution in [0.4, 0.5) is 0 Å². The smallest absolute Gasteiger partial charge is 0.137 e. The van der Waals surface area contributed by atoms with E-state index in [1.54, 1.807) is 0 Å². The Morgan fingerprint density at radius 2 is 1.60 bits per heavy atom. The molecule has 1 aliphatic heterocycles. The fourth-order valence-electron chi connectivity index (χ4n) is 2.72. The van der Waals surface area contributed by atoms with Gasteiger partial charge >= 0.3 is 0 Å². The lowest BCUT2D eigenvalue weighted by molar-refractivity contribution is 0.00559. The van der Waals surface area contributed by atoms with Crippen molar-refractivity contribution < 1.29 is 4.74 Å². The van der Waals surface area contributed by atoms with Gasteiger partial charge in [0.25, 0.3) is 0 Å². The van der Waals surface area contributed by atoms with Crippen LogP contribution in [0.1, 0.15) is 30.4 Å². The summed E-state index contributed by atoms with van der Waals surface area (Å²) in [7, 11) is 2.13. The van der Waals surface area contributed by atoms with Gasteiger partial charge in [-0.15, -0.1) is 0 Å². The average molecular weight is 332 g/mol. The molecule has 3 heteroatoms. The minimum atomic E-state index is 0.0170. The Morgan fingerprint density at radius 1 is 0.950 bits per heavy atom. The first-order valence-corrected chi connectivity index (χ1v) is 7.64. The topological polar surface area (TPSA) is 12.5 Å². The summed E-state index contributed by atoms with van der Waals surface area (Å²) in [5.74, 6) is 0. The molecule has 0 bridgehead atoms. The first kappa shape index (κ1) is 13.8. The fraction of sp³-hybridized carbons (Fsp3) is 0.294. The summed E-state index contributed by atoms with van der Waals surface area (Å²) in [6.45, 7) is 2.22. The number of hydrogen-bond acceptors (Lipinski definition) is 2. The van der Waals surface area contributed by atoms with Gasteiger partial charge in [-0.1, -0.05) is 58.4 Å². The van der Waals surface area contributed by atoms with Crippen LogP contribution in [0.25, 0.3) is 0 Å². The maximum absolute atomic E-state index is 6.31. The summed E-state index contributed by atoms with van der Waals surface area (Å²) in [6, 6.07) is 19.2. The number of rotatable bonds is 2. The molecule has 2 aromatic carbocycles. The van der Waals surface area contributed by atoms with Crippen LogP contribution in [0, 0.1) is 0 Å². The molecule has 0 aliphatic carbocycles. The zero-order valence-corrected chi connectivity index (χ0v) is 13.2. The highest BCUT2D eigenvalue weighted by Crippen LogP contribution is 2.41. The van der Waals surface area contributed by atoms with Crippen LogP contribution >= 0.6 is 15.9 Å². The van der Waals surface area contributed by atoms with Gasteiger partial charge in [0.05, 0.1) is 0 Å². The van der Waals surface area contributed by atoms with Crippen LogP contribution in [0.5, 0.6) is 0 Å². The van der Waals surface area contributed by atoms with Gasteiger partial charge in [0.15, 0.2) is 0 Å². The van der Waals surface area contributed by atoms with E-state index in [1.807, 2.05) is 6.07 Å². The van der Waals surface area contributed by atoms with Crippen molar-refractivity contribution in [2.45, 2.75) is 25.3 Å². The van der Waals surface area contributed by atoms with E-state index in [2.05, 4.69) is 83.3 Å². The van der Waals surface area contributed by atoms with E-state index >= 15 is 0 Å². The molecule has 2 aromatic rings. The predicted molar refractivity (Wildman–Crippen MR) is 84.4 cm³/mol. The Kier molecular flexibility index (Phi) is 3.92. The molecular formula is C17H18BrNO. The Bertz CT molecular complexity index is 569. The standard InChI is InChI=1S/C17H18BrNO/c1-12-16(13-6-4-3-5-7-13)20-17(19(12)2)14-8-10-15(18)11-9-14/h3-12,16-17H,1-2H3/t12-,16-,17-/m1/s1. The minimum Gasteiger partial charge on any atom is -0.349 e. The van der Waals surface area contributed by atoms with Gasteiger partial charge in [0, 0.05) is 10.5 Å². The predicted octanol–water partition coefficient (Wildman–Crippen LogP) is 4.54. The summed E-state index contributed by atoms with van der Waals surface area (Å²) in [5.41, 5.74) is 2.44. The van der Waals surface area contributed by atoms with E-state index in [0.29, 0.717) is 6.04 Å². The van der Waals surface area contributed by atoms with Crippen molar-refractivity contribution in [3.63, 3.8) is 0 Å². The van der Waals surface area contributed by atoms with Gasteiger partial charge in [-0.2, -0.15) is 0 Å². The average Bonchev–Trinajstić information content (AvgIpc) is 2.77. The van der Waals surface area contributed by atoms with E-state index in [0.717, 1.165) is 4.47 Å². The van der Waals surface area contributed by atoms with Crippen LogP contribution in [0.2, 0.25) is 0 Å². The first-order chi connectivity index (χ1) is 9.66. The van der Waals surface area contributed by atoms with Gasteiger partial charge in [0.2, 0.25) is 0 Å². The first-order valence-electron chi connectivity index (χ1n) is 6.84. The number of ether oxygens (including phenoxy) is 1. The highest BCUT2D eigenvalue weighted by atomic mass is 79.9. The highest BCUT2D eigenvalue weighted by molar-refractivity contribution is 9.10. The molecule has 2 nitrogen and oxygen atoms in total. The van der Waals surface area contributed by atoms with Gasteiger partial charge in [0.1, 0.15) is 12.3 Å². The van der Waals surface area contributed by atoms with Crippen LogP contribution in [0.3, 0.4) is 0 Å². The van der Waals surface area contributed by atoms with E-state index in [-0.39, 0.29) is 12.3 Å². The third kappa shape index (κ3) is 2.53. The quantitative estimate of drug-likeness (QED) is 0.801. The van der Waals surface area contributed by atoms with Crippen LogP contribution in [-0.2, 0) is 4.74 Å². The van der Waals surface area contributed by atoms with E-state index < -0.39 is 0 Å². The summed E-state index contributed by atoms with van der Waals surface area (Å²) in [6.07, 6.45) is 0.137. The van der Waals surface area contributed by atoms with Crippen molar-refractivity contribution in [1.82, 2.24) is 4.90 Å². The third-order valence-corrected chi connectivity index (χ3v) is 4.54. The number of benzene rings is 2. The van der Waals surface area contributed by atoms with Crippen LogP contribution in [-0.4, -0.2) is 18.0 Å². The minimum absolute atomic E-state index is 0.0170. The molecule has 0 aromatic heterocycles. The van der Waals surface area contributed by atoms with Gasteiger partial charge in [-0.3, -0.25) is 4.90 Å². The Morgan fingerprint density at radius 3 is 2.25 bits per heavy atom. The molecule has 0 amide bonds. The lowest BCUT2D eigenvalue weighted by atomic mass is 10.0. The van der Waals surface area contributed by atoms with Crippen molar-refractivity contribution in [2.24, 2.45) is 0 Å². The molecule has 0 unspecified atom stereocenters. The highest BCUT2D eigenvalue weighted by Gasteiger charge is 2.38. The second-order valence-electron chi connectivity index (χ2n) is 5.28. The van der Waals surface area contributed by atoms with Crippen molar-refractivity contribution in [2.75, 3.05) is 7.05 Å². The van der Waals surface area contributed by atoms with E-state index in [4.69, 9.17) is 4.74 Å². The van der Waals surface area contributed by atoms with Crippen molar-refractivity contribution in [3.8, 4) is 0 Å². The number of halogens is 1. The molecule has 1 aliphatic rings. The zero-order valence-electron chi connectivity index (χ0n) is 11.7. The van der Waals surface area contributed by atoms with Crippen molar-refractivity contribution in [3.05, 3.63) is 70.2 Å². The second-order valence-corrected chi connectivity index (χ2v) is 6.19. The van der Waals surface area contributed by atoms with E-state index in [1.165, 1.54) is 11.1 Å². The molecule has 1 heterocycles. The Balaban J connectivity index is 1.87. The summed E-state index contributed by atoms with van der Waals surface area (Å²) in [4.78, 5) is 2.29.